The third-order valence-corrected chi connectivity index (χ3v) is 4.39. The van der Waals surface area contributed by atoms with E-state index < -0.39 is 18.0 Å². The number of hydrogen-bond donors (Lipinski definition) is 1. The number of esters is 1. The summed E-state index contributed by atoms with van der Waals surface area (Å²) in [6, 6.07) is 11.1. The molecule has 6 heteroatoms. The second kappa shape index (κ2) is 8.48. The summed E-state index contributed by atoms with van der Waals surface area (Å²) < 4.78 is 5.04. The Morgan fingerprint density at radius 2 is 1.55 bits per heavy atom. The van der Waals surface area contributed by atoms with Crippen LogP contribution in [0.5, 0.6) is 0 Å². The highest BCUT2D eigenvalue weighted by molar-refractivity contribution is 6.28. The molecule has 1 aliphatic carbocycles. The van der Waals surface area contributed by atoms with Crippen molar-refractivity contribution in [2.45, 2.75) is 20.0 Å². The number of ketones is 2. The predicted molar refractivity (Wildman–Crippen MR) is 108 cm³/mol. The first kappa shape index (κ1) is 19.9. The van der Waals surface area contributed by atoms with Crippen molar-refractivity contribution in [3.05, 3.63) is 89.0 Å². The fraction of sp³-hybridized carbons (Fsp3) is 0.130. The van der Waals surface area contributed by atoms with Crippen LogP contribution in [0.4, 0.5) is 5.69 Å². The van der Waals surface area contributed by atoms with E-state index in [1.807, 2.05) is 0 Å². The summed E-state index contributed by atoms with van der Waals surface area (Å²) >= 11 is 0. The van der Waals surface area contributed by atoms with Crippen LogP contribution in [0.1, 0.15) is 45.7 Å². The van der Waals surface area contributed by atoms with Crippen LogP contribution in [0.25, 0.3) is 0 Å². The standard InChI is InChI=1S/C23H19NO5/c1-3-4-5-10-20(25)29-14(2)23(28)24-15-11-12-18-19(13-15)22(27)17-9-7-6-8-16(17)21(18)26/h3-14H,1-2H3,(H,24,28)/b4-3+,10-5+. The lowest BCUT2D eigenvalue weighted by molar-refractivity contribution is -0.148. The zero-order valence-corrected chi connectivity index (χ0v) is 16.0. The molecule has 1 aliphatic rings. The minimum atomic E-state index is -1.04. The minimum absolute atomic E-state index is 0.227. The Balaban J connectivity index is 1.75. The third-order valence-electron chi connectivity index (χ3n) is 4.39. The van der Waals surface area contributed by atoms with Gasteiger partial charge in [0.1, 0.15) is 0 Å². The van der Waals surface area contributed by atoms with Crippen LogP contribution in [0, 0.1) is 0 Å². The maximum atomic E-state index is 12.7. The lowest BCUT2D eigenvalue weighted by Crippen LogP contribution is -2.29. The molecule has 29 heavy (non-hydrogen) atoms. The van der Waals surface area contributed by atoms with Crippen molar-refractivity contribution in [2.75, 3.05) is 5.32 Å². The van der Waals surface area contributed by atoms with Crippen LogP contribution in [-0.2, 0) is 14.3 Å². The molecule has 0 fully saturated rings. The minimum Gasteiger partial charge on any atom is -0.449 e. The van der Waals surface area contributed by atoms with Crippen molar-refractivity contribution in [3.63, 3.8) is 0 Å². The van der Waals surface area contributed by atoms with Gasteiger partial charge in [0.15, 0.2) is 17.7 Å². The molecule has 2 aromatic carbocycles. The highest BCUT2D eigenvalue weighted by Crippen LogP contribution is 2.29. The summed E-state index contributed by atoms with van der Waals surface area (Å²) in [5.74, 6) is -1.70. The highest BCUT2D eigenvalue weighted by atomic mass is 16.5. The number of nitrogens with one attached hydrogen (secondary N) is 1. The average molecular weight is 389 g/mol. The Bertz CT molecular complexity index is 1060. The van der Waals surface area contributed by atoms with E-state index in [-0.39, 0.29) is 17.1 Å². The van der Waals surface area contributed by atoms with Crippen molar-refractivity contribution < 1.29 is 23.9 Å². The maximum absolute atomic E-state index is 12.7. The number of carbonyl (C=O) groups is 4. The quantitative estimate of drug-likeness (QED) is 0.410. The second-order valence-corrected chi connectivity index (χ2v) is 6.42. The van der Waals surface area contributed by atoms with Crippen molar-refractivity contribution in [1.82, 2.24) is 0 Å². The van der Waals surface area contributed by atoms with Crippen molar-refractivity contribution >= 4 is 29.1 Å². The molecule has 0 saturated carbocycles. The molecule has 2 aromatic rings. The van der Waals surface area contributed by atoms with E-state index in [2.05, 4.69) is 5.32 Å². The summed E-state index contributed by atoms with van der Waals surface area (Å²) in [5.41, 5.74) is 1.56. The molecule has 146 valence electrons. The van der Waals surface area contributed by atoms with E-state index in [1.165, 1.54) is 37.3 Å². The Morgan fingerprint density at radius 1 is 0.931 bits per heavy atom. The van der Waals surface area contributed by atoms with E-state index in [9.17, 15) is 19.2 Å². The number of carbonyl (C=O) groups excluding carboxylic acids is 4. The third kappa shape index (κ3) is 4.21. The monoisotopic (exact) mass is 389 g/mol. The van der Waals surface area contributed by atoms with Gasteiger partial charge in [-0.2, -0.15) is 0 Å². The number of hydrogen-bond acceptors (Lipinski definition) is 5. The molecule has 0 spiro atoms. The summed E-state index contributed by atoms with van der Waals surface area (Å²) in [7, 11) is 0. The van der Waals surface area contributed by atoms with Gasteiger partial charge >= 0.3 is 5.97 Å². The molecule has 0 heterocycles. The Hall–Kier alpha value is -3.80. The van der Waals surface area contributed by atoms with Gasteiger partial charge in [0.05, 0.1) is 0 Å². The average Bonchev–Trinajstić information content (AvgIpc) is 2.72. The molecule has 1 amide bonds. The van der Waals surface area contributed by atoms with Gasteiger partial charge in [-0.05, 0) is 32.0 Å². The van der Waals surface area contributed by atoms with Crippen LogP contribution in [0.2, 0.25) is 0 Å². The molecule has 0 saturated heterocycles. The number of rotatable bonds is 5. The van der Waals surface area contributed by atoms with E-state index in [0.29, 0.717) is 22.4 Å². The van der Waals surface area contributed by atoms with Crippen LogP contribution in [0.3, 0.4) is 0 Å². The lowest BCUT2D eigenvalue weighted by Gasteiger charge is -2.18. The van der Waals surface area contributed by atoms with Gasteiger partial charge in [-0.3, -0.25) is 14.4 Å². The SMILES string of the molecule is C/C=C/C=C/C(=O)OC(C)C(=O)Nc1ccc2c(c1)C(=O)c1ccccc1C2=O. The van der Waals surface area contributed by atoms with Gasteiger partial charge in [0, 0.05) is 34.0 Å². The van der Waals surface area contributed by atoms with Crippen LogP contribution < -0.4 is 5.32 Å². The number of amides is 1. The molecule has 1 N–H and O–H groups in total. The molecule has 0 bridgehead atoms. The van der Waals surface area contributed by atoms with Gasteiger partial charge in [0.2, 0.25) is 0 Å². The Morgan fingerprint density at radius 3 is 2.21 bits per heavy atom. The molecule has 0 aliphatic heterocycles. The number of allylic oxidation sites excluding steroid dienone is 3. The normalized spacial score (nSPS) is 13.9. The first-order valence-corrected chi connectivity index (χ1v) is 9.05. The first-order chi connectivity index (χ1) is 13.9. The topological polar surface area (TPSA) is 89.5 Å². The van der Waals surface area contributed by atoms with Crippen LogP contribution in [0.15, 0.2) is 66.8 Å². The molecular formula is C23H19NO5. The first-order valence-electron chi connectivity index (χ1n) is 9.05. The van der Waals surface area contributed by atoms with Gasteiger partial charge in [0.25, 0.3) is 5.91 Å². The molecule has 0 radical (unpaired) electrons. The lowest BCUT2D eigenvalue weighted by atomic mass is 9.84. The molecule has 1 atom stereocenters. The van der Waals surface area contributed by atoms with Gasteiger partial charge in [-0.25, -0.2) is 4.79 Å². The van der Waals surface area contributed by atoms with Crippen molar-refractivity contribution in [1.29, 1.82) is 0 Å². The maximum Gasteiger partial charge on any atom is 0.331 e. The smallest absolute Gasteiger partial charge is 0.331 e. The van der Waals surface area contributed by atoms with E-state index in [4.69, 9.17) is 4.74 Å². The zero-order chi connectivity index (χ0) is 21.0. The van der Waals surface area contributed by atoms with Gasteiger partial charge in [-0.1, -0.05) is 42.5 Å². The number of fused-ring (bicyclic) bond motifs is 2. The summed E-state index contributed by atoms with van der Waals surface area (Å²) in [6.07, 6.45) is 5.10. The number of benzene rings is 2. The van der Waals surface area contributed by atoms with E-state index in [0.717, 1.165) is 0 Å². The Labute approximate surface area is 167 Å². The summed E-state index contributed by atoms with van der Waals surface area (Å²) in [6.45, 7) is 3.25. The van der Waals surface area contributed by atoms with Gasteiger partial charge in [-0.15, -0.1) is 0 Å². The molecule has 0 aromatic heterocycles. The van der Waals surface area contributed by atoms with Gasteiger partial charge < -0.3 is 10.1 Å². The highest BCUT2D eigenvalue weighted by Gasteiger charge is 2.29. The molecule has 6 nitrogen and oxygen atoms in total. The van der Waals surface area contributed by atoms with Crippen molar-refractivity contribution in [2.24, 2.45) is 0 Å². The molecule has 3 rings (SSSR count). The molecule has 1 unspecified atom stereocenters. The fourth-order valence-electron chi connectivity index (χ4n) is 2.93. The fourth-order valence-corrected chi connectivity index (χ4v) is 2.93. The number of anilines is 1. The van der Waals surface area contributed by atoms with Crippen molar-refractivity contribution in [3.8, 4) is 0 Å². The van der Waals surface area contributed by atoms with Crippen LogP contribution >= 0.6 is 0 Å². The summed E-state index contributed by atoms with van der Waals surface area (Å²) in [4.78, 5) is 49.3. The van der Waals surface area contributed by atoms with E-state index >= 15 is 0 Å². The Kier molecular flexibility index (Phi) is 5.83. The largest absolute Gasteiger partial charge is 0.449 e. The predicted octanol–water partition coefficient (Wildman–Crippen LogP) is 3.46. The van der Waals surface area contributed by atoms with Crippen LogP contribution in [-0.4, -0.2) is 29.5 Å². The zero-order valence-electron chi connectivity index (χ0n) is 16.0. The molecular weight excluding hydrogens is 370 g/mol. The summed E-state index contributed by atoms with van der Waals surface area (Å²) in [5, 5.41) is 2.61. The number of ether oxygens (including phenoxy) is 1. The van der Waals surface area contributed by atoms with E-state index in [1.54, 1.807) is 43.3 Å². The second-order valence-electron chi connectivity index (χ2n) is 6.42.